The molecule has 1 N–H and O–H groups in total. The minimum atomic E-state index is 0.589. The number of hydrogen-bond acceptors (Lipinski definition) is 3. The van der Waals surface area contributed by atoms with Crippen LogP contribution in [0.5, 0.6) is 0 Å². The summed E-state index contributed by atoms with van der Waals surface area (Å²) in [5.41, 5.74) is 1.91. The molecule has 2 heterocycles. The van der Waals surface area contributed by atoms with Crippen molar-refractivity contribution in [2.45, 2.75) is 6.54 Å². The summed E-state index contributed by atoms with van der Waals surface area (Å²) in [5, 5.41) is 7.77. The molecule has 0 unspecified atom stereocenters. The molecular formula is C8H9ClN4. The van der Waals surface area contributed by atoms with E-state index in [4.69, 9.17) is 11.6 Å². The van der Waals surface area contributed by atoms with Gasteiger partial charge in [0, 0.05) is 18.3 Å². The number of hydrogen-bond donors (Lipinski definition) is 1. The summed E-state index contributed by atoms with van der Waals surface area (Å²) in [7, 11) is 1.89. The first-order valence-electron chi connectivity index (χ1n) is 3.93. The van der Waals surface area contributed by atoms with Gasteiger partial charge in [0.25, 0.3) is 0 Å². The third-order valence-corrected chi connectivity index (χ3v) is 1.96. The summed E-state index contributed by atoms with van der Waals surface area (Å²) >= 11 is 5.77. The van der Waals surface area contributed by atoms with Gasteiger partial charge in [0.2, 0.25) is 0 Å². The van der Waals surface area contributed by atoms with Crippen molar-refractivity contribution in [3.63, 3.8) is 0 Å². The molecule has 0 spiro atoms. The maximum absolute atomic E-state index is 5.77. The fraction of sp³-hybridized carbons (Fsp3) is 0.250. The smallest absolute Gasteiger partial charge is 0.159 e. The highest BCUT2D eigenvalue weighted by molar-refractivity contribution is 6.30. The molecule has 0 aliphatic rings. The molecule has 0 aliphatic carbocycles. The summed E-state index contributed by atoms with van der Waals surface area (Å²) in [5.74, 6) is 0. The molecule has 0 aromatic carbocycles. The molecule has 2 rings (SSSR count). The molecule has 68 valence electrons. The third kappa shape index (κ3) is 1.50. The zero-order valence-corrected chi connectivity index (χ0v) is 7.91. The Morgan fingerprint density at radius 2 is 2.38 bits per heavy atom. The van der Waals surface area contributed by atoms with Crippen molar-refractivity contribution < 1.29 is 0 Å². The van der Waals surface area contributed by atoms with E-state index in [1.165, 1.54) is 0 Å². The van der Waals surface area contributed by atoms with Crippen molar-refractivity contribution in [2.24, 2.45) is 0 Å². The van der Waals surface area contributed by atoms with E-state index >= 15 is 0 Å². The molecule has 0 amide bonds. The normalized spacial score (nSPS) is 10.9. The molecule has 0 radical (unpaired) electrons. The molecule has 0 saturated heterocycles. The van der Waals surface area contributed by atoms with Gasteiger partial charge in [-0.2, -0.15) is 5.10 Å². The van der Waals surface area contributed by atoms with Gasteiger partial charge >= 0.3 is 0 Å². The van der Waals surface area contributed by atoms with Crippen molar-refractivity contribution in [2.75, 3.05) is 7.05 Å². The fourth-order valence-electron chi connectivity index (χ4n) is 1.22. The van der Waals surface area contributed by atoms with Gasteiger partial charge in [0.15, 0.2) is 5.65 Å². The molecule has 0 saturated carbocycles. The predicted molar refractivity (Wildman–Crippen MR) is 50.8 cm³/mol. The zero-order valence-electron chi connectivity index (χ0n) is 7.16. The first kappa shape index (κ1) is 8.47. The Balaban J connectivity index is 2.55. The van der Waals surface area contributed by atoms with Crippen LogP contribution in [0.4, 0.5) is 0 Å². The van der Waals surface area contributed by atoms with Crippen LogP contribution in [0.1, 0.15) is 5.56 Å². The van der Waals surface area contributed by atoms with Crippen molar-refractivity contribution in [1.29, 1.82) is 0 Å². The van der Waals surface area contributed by atoms with Gasteiger partial charge in [-0.1, -0.05) is 11.6 Å². The molecule has 5 heteroatoms. The number of rotatable bonds is 2. The van der Waals surface area contributed by atoms with Crippen LogP contribution >= 0.6 is 11.6 Å². The first-order valence-corrected chi connectivity index (χ1v) is 4.31. The van der Waals surface area contributed by atoms with Gasteiger partial charge in [-0.15, -0.1) is 0 Å². The van der Waals surface area contributed by atoms with Crippen LogP contribution in [0, 0.1) is 0 Å². The Morgan fingerprint density at radius 3 is 3.15 bits per heavy atom. The van der Waals surface area contributed by atoms with Crippen molar-refractivity contribution in [3.8, 4) is 0 Å². The molecule has 0 atom stereocenters. The average molecular weight is 197 g/mol. The minimum absolute atomic E-state index is 0.589. The van der Waals surface area contributed by atoms with E-state index < -0.39 is 0 Å². The second-order valence-corrected chi connectivity index (χ2v) is 3.18. The number of fused-ring (bicyclic) bond motifs is 1. The second-order valence-electron chi connectivity index (χ2n) is 2.74. The summed E-state index contributed by atoms with van der Waals surface area (Å²) in [6, 6.07) is 0. The highest BCUT2D eigenvalue weighted by Gasteiger charge is 2.03. The fourth-order valence-corrected chi connectivity index (χ4v) is 1.36. The van der Waals surface area contributed by atoms with Crippen LogP contribution in [0.15, 0.2) is 18.6 Å². The van der Waals surface area contributed by atoms with E-state index in [0.29, 0.717) is 5.02 Å². The lowest BCUT2D eigenvalue weighted by Gasteiger charge is -1.96. The summed E-state index contributed by atoms with van der Waals surface area (Å²) in [6.07, 6.45) is 5.15. The van der Waals surface area contributed by atoms with E-state index in [0.717, 1.165) is 17.8 Å². The third-order valence-electron chi connectivity index (χ3n) is 1.77. The molecular weight excluding hydrogens is 188 g/mol. The van der Waals surface area contributed by atoms with Crippen LogP contribution in [0.2, 0.25) is 5.02 Å². The topological polar surface area (TPSA) is 42.2 Å². The van der Waals surface area contributed by atoms with E-state index in [-0.39, 0.29) is 0 Å². The maximum Gasteiger partial charge on any atom is 0.159 e. The largest absolute Gasteiger partial charge is 0.315 e. The number of aromatic nitrogens is 3. The highest BCUT2D eigenvalue weighted by atomic mass is 35.5. The Kier molecular flexibility index (Phi) is 2.16. The quantitative estimate of drug-likeness (QED) is 0.782. The summed E-state index contributed by atoms with van der Waals surface area (Å²) in [4.78, 5) is 4.19. The van der Waals surface area contributed by atoms with Crippen LogP contribution in [0.25, 0.3) is 5.65 Å². The van der Waals surface area contributed by atoms with Gasteiger partial charge in [0.05, 0.1) is 17.4 Å². The lowest BCUT2D eigenvalue weighted by molar-refractivity contribution is 0.821. The predicted octanol–water partition coefficient (Wildman–Crippen LogP) is 1.10. The van der Waals surface area contributed by atoms with E-state index in [1.54, 1.807) is 23.1 Å². The number of nitrogens with zero attached hydrogens (tertiary/aromatic N) is 3. The van der Waals surface area contributed by atoms with Gasteiger partial charge < -0.3 is 5.32 Å². The number of nitrogens with one attached hydrogen (secondary N) is 1. The molecule has 13 heavy (non-hydrogen) atoms. The first-order chi connectivity index (χ1) is 6.31. The number of halogens is 1. The molecule has 2 aromatic rings. The van der Waals surface area contributed by atoms with Crippen LogP contribution < -0.4 is 5.32 Å². The Labute approximate surface area is 80.5 Å². The molecule has 4 nitrogen and oxygen atoms in total. The van der Waals surface area contributed by atoms with Gasteiger partial charge in [-0.05, 0) is 7.05 Å². The van der Waals surface area contributed by atoms with Gasteiger partial charge in [-0.3, -0.25) is 0 Å². The van der Waals surface area contributed by atoms with Gasteiger partial charge in [0.1, 0.15) is 0 Å². The Bertz CT molecular complexity index is 423. The van der Waals surface area contributed by atoms with Crippen LogP contribution in [-0.2, 0) is 6.54 Å². The van der Waals surface area contributed by atoms with Crippen LogP contribution in [-0.4, -0.2) is 21.6 Å². The van der Waals surface area contributed by atoms with Crippen molar-refractivity contribution in [1.82, 2.24) is 19.9 Å². The lowest BCUT2D eigenvalue weighted by Crippen LogP contribution is -2.04. The van der Waals surface area contributed by atoms with Crippen molar-refractivity contribution in [3.05, 3.63) is 29.2 Å². The zero-order chi connectivity index (χ0) is 9.26. The minimum Gasteiger partial charge on any atom is -0.315 e. The second kappa shape index (κ2) is 3.32. The van der Waals surface area contributed by atoms with Crippen LogP contribution in [0.3, 0.4) is 0 Å². The summed E-state index contributed by atoms with van der Waals surface area (Å²) in [6.45, 7) is 0.762. The van der Waals surface area contributed by atoms with Gasteiger partial charge in [-0.25, -0.2) is 9.50 Å². The average Bonchev–Trinajstić information content (AvgIpc) is 2.49. The molecule has 2 aromatic heterocycles. The molecule has 0 bridgehead atoms. The molecule has 0 fully saturated rings. The van der Waals surface area contributed by atoms with E-state index in [9.17, 15) is 0 Å². The Morgan fingerprint density at radius 1 is 1.54 bits per heavy atom. The SMILES string of the molecule is CNCc1cnn2cc(Cl)cnc12. The standard InChI is InChI=1S/C8H9ClN4/c1-10-2-6-3-12-13-5-7(9)4-11-8(6)13/h3-5,10H,2H2,1H3. The molecule has 0 aliphatic heterocycles. The Hall–Kier alpha value is -1.13. The summed E-state index contributed by atoms with van der Waals surface area (Å²) < 4.78 is 1.68. The highest BCUT2D eigenvalue weighted by Crippen LogP contribution is 2.11. The van der Waals surface area contributed by atoms with E-state index in [1.807, 2.05) is 7.05 Å². The monoisotopic (exact) mass is 196 g/mol. The van der Waals surface area contributed by atoms with E-state index in [2.05, 4.69) is 15.4 Å². The lowest BCUT2D eigenvalue weighted by atomic mass is 10.3. The van der Waals surface area contributed by atoms with Crippen molar-refractivity contribution >= 4 is 17.2 Å². The maximum atomic E-state index is 5.77.